The molecule has 0 fully saturated rings. The number of imide groups is 1. The molecule has 0 bridgehead atoms. The molecule has 1 aliphatic rings. The van der Waals surface area contributed by atoms with Gasteiger partial charge in [-0.1, -0.05) is 12.1 Å². The van der Waals surface area contributed by atoms with Crippen molar-refractivity contribution in [2.45, 2.75) is 13.0 Å². The van der Waals surface area contributed by atoms with Crippen molar-refractivity contribution in [3.8, 4) is 0 Å². The minimum atomic E-state index is -0.936. The van der Waals surface area contributed by atoms with Gasteiger partial charge in [-0.25, -0.2) is 0 Å². The molecule has 0 saturated carbocycles. The first-order chi connectivity index (χ1) is 7.54. The van der Waals surface area contributed by atoms with Gasteiger partial charge in [0.05, 0.1) is 11.1 Å². The largest absolute Gasteiger partial charge is 0.279 e. The van der Waals surface area contributed by atoms with E-state index in [2.05, 4.69) is 0 Å². The fraction of sp³-hybridized carbons (Fsp3) is 0.182. The first-order valence-corrected chi connectivity index (χ1v) is 5.08. The minimum absolute atomic E-state index is 0.317. The van der Waals surface area contributed by atoms with Crippen LogP contribution in [0.25, 0.3) is 0 Å². The summed E-state index contributed by atoms with van der Waals surface area (Å²) in [5.74, 6) is -0.941. The van der Waals surface area contributed by atoms with Crippen LogP contribution in [0.15, 0.2) is 24.3 Å². The summed E-state index contributed by atoms with van der Waals surface area (Å²) in [6.07, 6.45) is 0. The van der Waals surface area contributed by atoms with Crippen molar-refractivity contribution in [2.75, 3.05) is 0 Å². The van der Waals surface area contributed by atoms with Gasteiger partial charge in [0, 0.05) is 0 Å². The molecule has 0 N–H and O–H groups in total. The predicted octanol–water partition coefficient (Wildman–Crippen LogP) is 1.44. The number of benzene rings is 1. The number of hydrogen-bond donors (Lipinski definition) is 0. The average Bonchev–Trinajstić information content (AvgIpc) is 2.52. The lowest BCUT2D eigenvalue weighted by molar-refractivity contribution is -0.114. The molecule has 0 unspecified atom stereocenters. The zero-order chi connectivity index (χ0) is 11.9. The Morgan fingerprint density at radius 1 is 1.19 bits per heavy atom. The Morgan fingerprint density at radius 3 is 2.00 bits per heavy atom. The lowest BCUT2D eigenvalue weighted by Crippen LogP contribution is -2.41. The molecule has 2 amide bonds. The fourth-order valence-electron chi connectivity index (χ4n) is 1.66. The van der Waals surface area contributed by atoms with Crippen molar-refractivity contribution in [1.29, 1.82) is 0 Å². The van der Waals surface area contributed by atoms with Crippen LogP contribution >= 0.6 is 11.6 Å². The Morgan fingerprint density at radius 2 is 1.62 bits per heavy atom. The summed E-state index contributed by atoms with van der Waals surface area (Å²) in [5, 5.41) is -0.727. The Labute approximate surface area is 96.8 Å². The van der Waals surface area contributed by atoms with Gasteiger partial charge in [-0.15, -0.1) is 0 Å². The van der Waals surface area contributed by atoms with Gasteiger partial charge in [0.25, 0.3) is 11.8 Å². The van der Waals surface area contributed by atoms with Crippen molar-refractivity contribution >= 4 is 28.7 Å². The van der Waals surface area contributed by atoms with E-state index in [1.807, 2.05) is 0 Å². The van der Waals surface area contributed by atoms with Crippen LogP contribution in [0.3, 0.4) is 0 Å². The van der Waals surface area contributed by atoms with E-state index in [9.17, 15) is 14.4 Å². The van der Waals surface area contributed by atoms with Crippen molar-refractivity contribution < 1.29 is 14.4 Å². The molecular formula is C11H8ClNO3. The molecule has 0 saturated heterocycles. The normalized spacial score (nSPS) is 16.2. The highest BCUT2D eigenvalue weighted by Crippen LogP contribution is 2.24. The molecule has 1 heterocycles. The molecule has 1 atom stereocenters. The topological polar surface area (TPSA) is 54.5 Å². The SMILES string of the molecule is C[C@H](C(=O)Cl)N1C(=O)c2ccccc2C1=O. The second kappa shape index (κ2) is 3.72. The minimum Gasteiger partial charge on any atom is -0.279 e. The van der Waals surface area contributed by atoms with E-state index in [1.54, 1.807) is 24.3 Å². The Bertz CT molecular complexity index is 463. The van der Waals surface area contributed by atoms with Gasteiger partial charge in [0.15, 0.2) is 0 Å². The highest BCUT2D eigenvalue weighted by atomic mass is 35.5. The summed E-state index contributed by atoms with van der Waals surface area (Å²) in [6, 6.07) is 5.51. The van der Waals surface area contributed by atoms with E-state index in [4.69, 9.17) is 11.6 Å². The Hall–Kier alpha value is -1.68. The van der Waals surface area contributed by atoms with Crippen LogP contribution in [0.2, 0.25) is 0 Å². The Balaban J connectivity index is 2.46. The molecule has 16 heavy (non-hydrogen) atoms. The van der Waals surface area contributed by atoms with Crippen LogP contribution in [0.1, 0.15) is 27.6 Å². The van der Waals surface area contributed by atoms with Crippen molar-refractivity contribution in [1.82, 2.24) is 4.90 Å². The van der Waals surface area contributed by atoms with E-state index in [0.29, 0.717) is 11.1 Å². The maximum atomic E-state index is 11.8. The van der Waals surface area contributed by atoms with Gasteiger partial charge >= 0.3 is 0 Å². The van der Waals surface area contributed by atoms with Crippen LogP contribution in [0.5, 0.6) is 0 Å². The molecular weight excluding hydrogens is 230 g/mol. The highest BCUT2D eigenvalue weighted by molar-refractivity contribution is 6.65. The molecule has 5 heteroatoms. The van der Waals surface area contributed by atoms with Crippen molar-refractivity contribution in [3.63, 3.8) is 0 Å². The maximum Gasteiger partial charge on any atom is 0.262 e. The summed E-state index contributed by atoms with van der Waals surface area (Å²) in [4.78, 5) is 35.6. The lowest BCUT2D eigenvalue weighted by Gasteiger charge is -2.18. The molecule has 2 rings (SSSR count). The molecule has 4 nitrogen and oxygen atoms in total. The van der Waals surface area contributed by atoms with Gasteiger partial charge < -0.3 is 0 Å². The number of hydrogen-bond acceptors (Lipinski definition) is 3. The van der Waals surface area contributed by atoms with Crippen molar-refractivity contribution in [3.05, 3.63) is 35.4 Å². The third-order valence-electron chi connectivity index (χ3n) is 2.54. The number of nitrogens with zero attached hydrogens (tertiary/aromatic N) is 1. The van der Waals surface area contributed by atoms with Crippen LogP contribution in [0.4, 0.5) is 0 Å². The molecule has 0 spiro atoms. The first kappa shape index (κ1) is 10.8. The third-order valence-corrected chi connectivity index (χ3v) is 2.86. The molecule has 1 aromatic carbocycles. The molecule has 1 aromatic rings. The third kappa shape index (κ3) is 1.42. The standard InChI is InChI=1S/C11H8ClNO3/c1-6(9(12)14)13-10(15)7-4-2-3-5-8(7)11(13)16/h2-6H,1H3/t6-/m1/s1. The zero-order valence-corrected chi connectivity index (χ0v) is 9.19. The smallest absolute Gasteiger partial charge is 0.262 e. The van der Waals surface area contributed by atoms with E-state index >= 15 is 0 Å². The summed E-state index contributed by atoms with van der Waals surface area (Å²) in [5.41, 5.74) is 0.634. The summed E-state index contributed by atoms with van der Waals surface area (Å²) in [7, 11) is 0. The number of amides is 2. The number of carbonyl (C=O) groups is 3. The van der Waals surface area contributed by atoms with Gasteiger partial charge in [-0.2, -0.15) is 0 Å². The molecule has 0 aromatic heterocycles. The number of fused-ring (bicyclic) bond motifs is 1. The molecule has 82 valence electrons. The quantitative estimate of drug-likeness (QED) is 0.578. The van der Waals surface area contributed by atoms with Crippen LogP contribution in [0, 0.1) is 0 Å². The van der Waals surface area contributed by atoms with Crippen LogP contribution in [-0.2, 0) is 4.79 Å². The number of halogens is 1. The molecule has 0 aliphatic carbocycles. The Kier molecular flexibility index (Phi) is 2.52. The van der Waals surface area contributed by atoms with Crippen molar-refractivity contribution in [2.24, 2.45) is 0 Å². The number of carbonyl (C=O) groups excluding carboxylic acids is 3. The first-order valence-electron chi connectivity index (χ1n) is 4.70. The number of rotatable bonds is 2. The molecule has 1 aliphatic heterocycles. The predicted molar refractivity (Wildman–Crippen MR) is 57.3 cm³/mol. The van der Waals surface area contributed by atoms with Gasteiger partial charge in [0.2, 0.25) is 5.24 Å². The van der Waals surface area contributed by atoms with Gasteiger partial charge in [0.1, 0.15) is 6.04 Å². The van der Waals surface area contributed by atoms with E-state index in [-0.39, 0.29) is 0 Å². The van der Waals surface area contributed by atoms with Gasteiger partial charge in [-0.05, 0) is 30.7 Å². The molecule has 0 radical (unpaired) electrons. The second-order valence-electron chi connectivity index (χ2n) is 3.51. The lowest BCUT2D eigenvalue weighted by atomic mass is 10.1. The fourth-order valence-corrected chi connectivity index (χ4v) is 1.76. The summed E-state index contributed by atoms with van der Waals surface area (Å²) >= 11 is 5.30. The maximum absolute atomic E-state index is 11.8. The highest BCUT2D eigenvalue weighted by Gasteiger charge is 2.39. The van der Waals surface area contributed by atoms with E-state index in [1.165, 1.54) is 6.92 Å². The summed E-state index contributed by atoms with van der Waals surface area (Å²) < 4.78 is 0. The van der Waals surface area contributed by atoms with E-state index in [0.717, 1.165) is 4.90 Å². The second-order valence-corrected chi connectivity index (χ2v) is 3.88. The monoisotopic (exact) mass is 237 g/mol. The van der Waals surface area contributed by atoms with Crippen LogP contribution in [-0.4, -0.2) is 28.0 Å². The van der Waals surface area contributed by atoms with E-state index < -0.39 is 23.1 Å². The summed E-state index contributed by atoms with van der Waals surface area (Å²) in [6.45, 7) is 1.43. The average molecular weight is 238 g/mol. The van der Waals surface area contributed by atoms with Crippen LogP contribution < -0.4 is 0 Å². The van der Waals surface area contributed by atoms with Gasteiger partial charge in [-0.3, -0.25) is 19.3 Å². The zero-order valence-electron chi connectivity index (χ0n) is 8.44.